The summed E-state index contributed by atoms with van der Waals surface area (Å²) >= 11 is 0. The Morgan fingerprint density at radius 2 is 2.31 bits per heavy atom. The molecule has 0 spiro atoms. The van der Waals surface area contributed by atoms with Crippen LogP contribution in [0.1, 0.15) is 31.4 Å². The van der Waals surface area contributed by atoms with Gasteiger partial charge in [-0.15, -0.1) is 0 Å². The first-order chi connectivity index (χ1) is 7.57. The van der Waals surface area contributed by atoms with Crippen molar-refractivity contribution < 1.29 is 9.50 Å². The molecule has 1 aliphatic carbocycles. The molecule has 1 unspecified atom stereocenters. The lowest BCUT2D eigenvalue weighted by atomic mass is 9.72. The molecule has 2 aliphatic heterocycles. The standard InChI is InChI=1S/C12H15FN2O/c1-12-3-8(4-12)10(15-12)11(16)7-2-9(13)6-14-5-7/h2,5-6,8,10-11,15-16H,3-4H2,1H3/t8?,10-,11?,12?/m1/s1. The molecule has 16 heavy (non-hydrogen) atoms. The first-order valence-electron chi connectivity index (χ1n) is 5.64. The number of aromatic nitrogens is 1. The maximum atomic E-state index is 13.0. The van der Waals surface area contributed by atoms with Crippen molar-refractivity contribution >= 4 is 0 Å². The van der Waals surface area contributed by atoms with Gasteiger partial charge in [0, 0.05) is 23.3 Å². The second-order valence-electron chi connectivity index (χ2n) is 5.28. The number of pyridine rings is 1. The Kier molecular flexibility index (Phi) is 2.06. The molecule has 2 atom stereocenters. The molecular formula is C12H15FN2O. The molecule has 1 aromatic heterocycles. The summed E-state index contributed by atoms with van der Waals surface area (Å²) in [6.45, 7) is 2.17. The van der Waals surface area contributed by atoms with Crippen molar-refractivity contribution in [2.24, 2.45) is 5.92 Å². The maximum absolute atomic E-state index is 13.0. The molecule has 2 N–H and O–H groups in total. The average Bonchev–Trinajstić information content (AvgIpc) is 2.70. The molecule has 3 fully saturated rings. The van der Waals surface area contributed by atoms with Gasteiger partial charge in [0.1, 0.15) is 5.82 Å². The number of nitrogens with one attached hydrogen (secondary N) is 1. The predicted molar refractivity (Wildman–Crippen MR) is 57.2 cm³/mol. The van der Waals surface area contributed by atoms with Crippen molar-refractivity contribution in [1.82, 2.24) is 10.3 Å². The quantitative estimate of drug-likeness (QED) is 0.795. The van der Waals surface area contributed by atoms with Crippen LogP contribution in [0.15, 0.2) is 18.5 Å². The SMILES string of the molecule is CC12CC(C1)[C@H](C(O)c1cncc(F)c1)N2. The Balaban J connectivity index is 1.81. The number of aliphatic hydroxyl groups is 1. The Bertz CT molecular complexity index is 417. The molecule has 0 aromatic carbocycles. The van der Waals surface area contributed by atoms with Gasteiger partial charge in [0.2, 0.25) is 0 Å². The summed E-state index contributed by atoms with van der Waals surface area (Å²) in [6, 6.07) is 1.41. The van der Waals surface area contributed by atoms with Crippen molar-refractivity contribution in [3.63, 3.8) is 0 Å². The fourth-order valence-electron chi connectivity index (χ4n) is 3.12. The molecule has 0 radical (unpaired) electrons. The van der Waals surface area contributed by atoms with Gasteiger partial charge < -0.3 is 10.4 Å². The van der Waals surface area contributed by atoms with E-state index in [4.69, 9.17) is 0 Å². The molecule has 0 amide bonds. The molecule has 3 aliphatic rings. The first-order valence-corrected chi connectivity index (χ1v) is 5.64. The van der Waals surface area contributed by atoms with Crippen molar-refractivity contribution in [3.8, 4) is 0 Å². The normalized spacial score (nSPS) is 38.2. The summed E-state index contributed by atoms with van der Waals surface area (Å²) in [4.78, 5) is 3.77. The predicted octanol–water partition coefficient (Wildman–Crippen LogP) is 1.39. The van der Waals surface area contributed by atoms with E-state index in [0.29, 0.717) is 11.5 Å². The van der Waals surface area contributed by atoms with Crippen LogP contribution >= 0.6 is 0 Å². The van der Waals surface area contributed by atoms with E-state index in [2.05, 4.69) is 17.2 Å². The van der Waals surface area contributed by atoms with E-state index in [9.17, 15) is 9.50 Å². The first kappa shape index (κ1) is 10.2. The van der Waals surface area contributed by atoms with E-state index in [1.165, 1.54) is 12.3 Å². The molecule has 3 heterocycles. The summed E-state index contributed by atoms with van der Waals surface area (Å²) in [5, 5.41) is 13.6. The van der Waals surface area contributed by atoms with Crippen LogP contribution in [0.5, 0.6) is 0 Å². The maximum Gasteiger partial charge on any atom is 0.141 e. The second-order valence-corrected chi connectivity index (χ2v) is 5.28. The number of hydrogen-bond donors (Lipinski definition) is 2. The highest BCUT2D eigenvalue weighted by Crippen LogP contribution is 2.49. The van der Waals surface area contributed by atoms with E-state index in [0.717, 1.165) is 19.0 Å². The number of aliphatic hydroxyl groups excluding tert-OH is 1. The van der Waals surface area contributed by atoms with Crippen LogP contribution < -0.4 is 5.32 Å². The van der Waals surface area contributed by atoms with Gasteiger partial charge in [0.15, 0.2) is 0 Å². The van der Waals surface area contributed by atoms with Crippen LogP contribution in [0.4, 0.5) is 4.39 Å². The molecule has 1 saturated carbocycles. The van der Waals surface area contributed by atoms with Gasteiger partial charge in [0.05, 0.1) is 12.3 Å². The largest absolute Gasteiger partial charge is 0.387 e. The van der Waals surface area contributed by atoms with E-state index in [1.54, 1.807) is 0 Å². The lowest BCUT2D eigenvalue weighted by Crippen LogP contribution is -2.40. The Morgan fingerprint density at radius 1 is 1.56 bits per heavy atom. The lowest BCUT2D eigenvalue weighted by Gasteiger charge is -2.33. The van der Waals surface area contributed by atoms with Gasteiger partial charge in [-0.25, -0.2) is 4.39 Å². The van der Waals surface area contributed by atoms with Crippen molar-refractivity contribution in [1.29, 1.82) is 0 Å². The Labute approximate surface area is 93.7 Å². The van der Waals surface area contributed by atoms with Gasteiger partial charge in [0.25, 0.3) is 0 Å². The zero-order valence-electron chi connectivity index (χ0n) is 9.15. The van der Waals surface area contributed by atoms with E-state index in [-0.39, 0.29) is 11.6 Å². The lowest BCUT2D eigenvalue weighted by molar-refractivity contribution is 0.120. The minimum absolute atomic E-state index is 0.0496. The fraction of sp³-hybridized carbons (Fsp3) is 0.583. The number of hydrogen-bond acceptors (Lipinski definition) is 3. The number of fused-ring (bicyclic) bond motifs is 1. The number of rotatable bonds is 2. The molecule has 2 saturated heterocycles. The molecule has 2 bridgehead atoms. The molecule has 3 nitrogen and oxygen atoms in total. The van der Waals surface area contributed by atoms with Gasteiger partial charge >= 0.3 is 0 Å². The molecule has 4 heteroatoms. The Hall–Kier alpha value is -1.00. The third-order valence-corrected chi connectivity index (χ3v) is 3.86. The zero-order chi connectivity index (χ0) is 11.3. The van der Waals surface area contributed by atoms with E-state index in [1.807, 2.05) is 0 Å². The summed E-state index contributed by atoms with van der Waals surface area (Å²) in [7, 11) is 0. The van der Waals surface area contributed by atoms with E-state index < -0.39 is 11.9 Å². The highest BCUT2D eigenvalue weighted by molar-refractivity contribution is 5.21. The summed E-state index contributed by atoms with van der Waals surface area (Å²) in [5.41, 5.74) is 0.755. The van der Waals surface area contributed by atoms with Crippen molar-refractivity contribution in [2.75, 3.05) is 0 Å². The van der Waals surface area contributed by atoms with Crippen LogP contribution in [0.3, 0.4) is 0 Å². The summed E-state index contributed by atoms with van der Waals surface area (Å²) < 4.78 is 13.0. The minimum Gasteiger partial charge on any atom is -0.387 e. The molecule has 86 valence electrons. The zero-order valence-corrected chi connectivity index (χ0v) is 9.15. The van der Waals surface area contributed by atoms with Crippen molar-refractivity contribution in [2.45, 2.75) is 37.5 Å². The van der Waals surface area contributed by atoms with Crippen LogP contribution in [0.2, 0.25) is 0 Å². The average molecular weight is 222 g/mol. The van der Waals surface area contributed by atoms with Gasteiger partial charge in [-0.2, -0.15) is 0 Å². The van der Waals surface area contributed by atoms with Gasteiger partial charge in [-0.05, 0) is 31.7 Å². The highest BCUT2D eigenvalue weighted by atomic mass is 19.1. The summed E-state index contributed by atoms with van der Waals surface area (Å²) in [5.74, 6) is 0.122. The second kappa shape index (κ2) is 3.25. The summed E-state index contributed by atoms with van der Waals surface area (Å²) in [6.07, 6.45) is 4.25. The van der Waals surface area contributed by atoms with Crippen LogP contribution in [0, 0.1) is 11.7 Å². The monoisotopic (exact) mass is 222 g/mol. The molecular weight excluding hydrogens is 207 g/mol. The van der Waals surface area contributed by atoms with Crippen LogP contribution in [-0.4, -0.2) is 21.7 Å². The smallest absolute Gasteiger partial charge is 0.141 e. The number of halogens is 1. The molecule has 4 rings (SSSR count). The van der Waals surface area contributed by atoms with Gasteiger partial charge in [-0.3, -0.25) is 4.98 Å². The number of nitrogens with zero attached hydrogens (tertiary/aromatic N) is 1. The van der Waals surface area contributed by atoms with Crippen LogP contribution in [-0.2, 0) is 0 Å². The van der Waals surface area contributed by atoms with Crippen molar-refractivity contribution in [3.05, 3.63) is 29.8 Å². The topological polar surface area (TPSA) is 45.2 Å². The Morgan fingerprint density at radius 3 is 2.88 bits per heavy atom. The van der Waals surface area contributed by atoms with E-state index >= 15 is 0 Å². The fourth-order valence-corrected chi connectivity index (χ4v) is 3.12. The third-order valence-electron chi connectivity index (χ3n) is 3.86. The highest BCUT2D eigenvalue weighted by Gasteiger charge is 2.54. The molecule has 1 aromatic rings. The van der Waals surface area contributed by atoms with Gasteiger partial charge in [-0.1, -0.05) is 0 Å². The third kappa shape index (κ3) is 1.44. The van der Waals surface area contributed by atoms with Crippen LogP contribution in [0.25, 0.3) is 0 Å². The minimum atomic E-state index is -0.655.